The molecule has 0 unspecified atom stereocenters. The van der Waals surface area contributed by atoms with Crippen LogP contribution in [-0.2, 0) is 0 Å². The molecular weight excluding hydrogens is 1610 g/mol. The molecule has 602 valence electrons. The lowest BCUT2D eigenvalue weighted by molar-refractivity contribution is 0.990. The minimum absolute atomic E-state index is 0.251. The van der Waals surface area contributed by atoms with Gasteiger partial charge in [-0.3, -0.25) is 23.7 Å². The summed E-state index contributed by atoms with van der Waals surface area (Å²) in [4.78, 5) is 46.7. The summed E-state index contributed by atoms with van der Waals surface area (Å²) in [6, 6.07) is 122. The Morgan fingerprint density at radius 3 is 1.01 bits per heavy atom. The molecule has 14 aromatic heterocycles. The summed E-state index contributed by atoms with van der Waals surface area (Å²) in [6.45, 7) is 17.4. The lowest BCUT2D eigenvalue weighted by atomic mass is 10.0. The van der Waals surface area contributed by atoms with Crippen molar-refractivity contribution in [3.8, 4) is 29.1 Å². The minimum atomic E-state index is 0.251. The second-order valence-electron chi connectivity index (χ2n) is 34.1. The van der Waals surface area contributed by atoms with Crippen LogP contribution in [0.25, 0.3) is 284 Å². The molecule has 0 saturated heterocycles. The van der Waals surface area contributed by atoms with Gasteiger partial charge in [0, 0.05) is 136 Å². The van der Waals surface area contributed by atoms with E-state index in [-0.39, 0.29) is 5.82 Å². The van der Waals surface area contributed by atoms with Crippen molar-refractivity contribution in [2.45, 2.75) is 6.92 Å². The van der Waals surface area contributed by atoms with Gasteiger partial charge in [0.25, 0.3) is 0 Å². The van der Waals surface area contributed by atoms with Gasteiger partial charge in [-0.05, 0) is 108 Å². The van der Waals surface area contributed by atoms with Crippen molar-refractivity contribution in [2.75, 3.05) is 0 Å². The molecule has 0 saturated carbocycles. The molecule has 0 radical (unpaired) electrons. The predicted molar refractivity (Wildman–Crippen MR) is 536 cm³/mol. The molecule has 17 aromatic carbocycles. The van der Waals surface area contributed by atoms with Gasteiger partial charge in [-0.15, -0.1) is 0 Å². The number of aromatic nitrogens is 14. The second-order valence-corrected chi connectivity index (χ2v) is 34.1. The van der Waals surface area contributed by atoms with Crippen molar-refractivity contribution in [3.05, 3.63) is 387 Å². The molecule has 0 atom stereocenters. The van der Waals surface area contributed by atoms with Gasteiger partial charge in [0.1, 0.15) is 16.7 Å². The van der Waals surface area contributed by atoms with Crippen LogP contribution in [-0.4, -0.2) is 66.8 Å². The van der Waals surface area contributed by atoms with E-state index in [1.165, 1.54) is 163 Å². The predicted octanol–water partition coefficient (Wildman–Crippen LogP) is 29.0. The lowest BCUT2D eigenvalue weighted by Crippen LogP contribution is -2.04. The number of pyridine rings is 2. The van der Waals surface area contributed by atoms with Crippen molar-refractivity contribution >= 4 is 256 Å². The summed E-state index contributed by atoms with van der Waals surface area (Å²) >= 11 is 0. The van der Waals surface area contributed by atoms with Crippen LogP contribution in [0.5, 0.6) is 0 Å². The van der Waals surface area contributed by atoms with E-state index in [0.717, 1.165) is 88.1 Å². The van der Waals surface area contributed by atoms with E-state index < -0.39 is 0 Å². The average molecular weight is 1670 g/mol. The molecule has 0 amide bonds. The molecule has 14 heterocycles. The highest BCUT2D eigenvalue weighted by molar-refractivity contribution is 6.41. The summed E-state index contributed by atoms with van der Waals surface area (Å²) in [5, 5.41) is 30.4. The third kappa shape index (κ3) is 9.56. The first kappa shape index (κ1) is 71.0. The molecule has 131 heavy (non-hydrogen) atoms. The Labute approximate surface area is 741 Å². The molecule has 0 bridgehead atoms. The van der Waals surface area contributed by atoms with Crippen molar-refractivity contribution in [1.82, 2.24) is 66.8 Å². The molecule has 0 fully saturated rings. The highest BCUT2D eigenvalue weighted by atomic mass is 15.2. The van der Waals surface area contributed by atoms with Crippen molar-refractivity contribution in [2.24, 2.45) is 0 Å². The maximum Gasteiger partial charge on any atom is 0.332 e. The zero-order valence-corrected chi connectivity index (χ0v) is 69.7. The summed E-state index contributed by atoms with van der Waals surface area (Å²) in [6.07, 6.45) is 3.45. The van der Waals surface area contributed by atoms with Crippen molar-refractivity contribution in [3.63, 3.8) is 0 Å². The molecule has 0 aliphatic rings. The Kier molecular flexibility index (Phi) is 14.3. The largest absolute Gasteiger partial charge is 0.359 e. The first-order valence-electron chi connectivity index (χ1n) is 43.8. The highest BCUT2D eigenvalue weighted by Crippen LogP contribution is 2.53. The standard InChI is InChI=1S/C42H22N6.C37H22N4.C36H18N6/c1-43-26-19-16-25(17-20-26)38-39-32(13-8-22-44-39)45-42(46-38)47-34-15-7-5-12-29(34)36-35(47)23-31-28-11-4-6-14-33(28)48-40-27-10-3-2-9-24(27)18-21-30(40)37(36)41(31)48;1-21-23-11-4-7-15-29(23)39-37(38-21)40-31-17-9-6-14-26(31)33-32(40)20-28-25-13-5-8-16-30(25)41-35-24-12-3-2-10-22(24)18-19-27(35)34(33)36(28)41;1-37-35-32-26(13-8-18-38-32)39-36(40-35)41-28-15-7-5-12-23(28)30-29(41)19-25-22-11-4-6-14-27(22)42-33-21-10-3-2-9-20(21)16-17-24(33)31(30)34(25)42/h2-23H;2-20H,1H3;2-19H. The Bertz CT molecular complexity index is 10600. The van der Waals surface area contributed by atoms with Crippen LogP contribution in [0.4, 0.5) is 11.5 Å². The first-order chi connectivity index (χ1) is 64.9. The topological polar surface area (TPSA) is 140 Å². The second kappa shape index (κ2) is 26.4. The zero-order valence-electron chi connectivity index (χ0n) is 69.7. The van der Waals surface area contributed by atoms with Crippen LogP contribution in [0.3, 0.4) is 0 Å². The van der Waals surface area contributed by atoms with Gasteiger partial charge in [0.05, 0.1) is 112 Å². The van der Waals surface area contributed by atoms with Gasteiger partial charge in [0.2, 0.25) is 11.9 Å². The van der Waals surface area contributed by atoms with Crippen LogP contribution < -0.4 is 0 Å². The van der Waals surface area contributed by atoms with Gasteiger partial charge in [-0.2, -0.15) is 4.98 Å². The number of hydrogen-bond acceptors (Lipinski definition) is 8. The molecule has 0 N–H and O–H groups in total. The van der Waals surface area contributed by atoms with Crippen LogP contribution in [0.15, 0.2) is 358 Å². The number of benzene rings is 17. The van der Waals surface area contributed by atoms with Crippen LogP contribution in [0, 0.1) is 20.1 Å². The normalized spacial score (nSPS) is 12.3. The number of para-hydroxylation sites is 7. The molecule has 0 aliphatic carbocycles. The number of hydrogen-bond donors (Lipinski definition) is 0. The third-order valence-electron chi connectivity index (χ3n) is 27.6. The summed E-state index contributed by atoms with van der Waals surface area (Å²) < 4.78 is 14.0. The summed E-state index contributed by atoms with van der Waals surface area (Å²) in [5.41, 5.74) is 24.3. The molecule has 0 aliphatic heterocycles. The molecule has 31 aromatic rings. The number of rotatable bonds is 4. The average Bonchev–Trinajstić information content (AvgIpc) is 1.52. The fourth-order valence-corrected chi connectivity index (χ4v) is 22.3. The van der Waals surface area contributed by atoms with E-state index in [0.29, 0.717) is 34.6 Å². The molecular formula is C115H62N16. The van der Waals surface area contributed by atoms with Gasteiger partial charge < -0.3 is 18.0 Å². The number of nitrogens with zero attached hydrogens (tertiary/aromatic N) is 16. The Balaban J connectivity index is 0.0000000969. The molecule has 31 rings (SSSR count). The molecule has 0 spiro atoms. The number of aryl methyl sites for hydroxylation is 1. The zero-order chi connectivity index (χ0) is 85.9. The molecule has 16 heteroatoms. The summed E-state index contributed by atoms with van der Waals surface area (Å²) in [5.74, 6) is 2.01. The van der Waals surface area contributed by atoms with Crippen molar-refractivity contribution in [1.29, 1.82) is 0 Å². The van der Waals surface area contributed by atoms with E-state index in [1.54, 1.807) is 12.4 Å². The van der Waals surface area contributed by atoms with E-state index in [9.17, 15) is 0 Å². The van der Waals surface area contributed by atoms with E-state index in [1.807, 2.05) is 66.7 Å². The number of fused-ring (bicyclic) bond motifs is 39. The van der Waals surface area contributed by atoms with Gasteiger partial charge in [-0.1, -0.05) is 272 Å². The van der Waals surface area contributed by atoms with Crippen LogP contribution in [0.2, 0.25) is 0 Å². The van der Waals surface area contributed by atoms with E-state index in [2.05, 4.69) is 328 Å². The van der Waals surface area contributed by atoms with Gasteiger partial charge in [-0.25, -0.2) is 24.8 Å². The van der Waals surface area contributed by atoms with Gasteiger partial charge in [0.15, 0.2) is 5.69 Å². The maximum absolute atomic E-state index is 7.85. The maximum atomic E-state index is 7.85. The minimum Gasteiger partial charge on any atom is -0.359 e. The highest BCUT2D eigenvalue weighted by Gasteiger charge is 2.32. The van der Waals surface area contributed by atoms with E-state index in [4.69, 9.17) is 48.0 Å². The third-order valence-corrected chi connectivity index (χ3v) is 27.6. The monoisotopic (exact) mass is 1670 g/mol. The summed E-state index contributed by atoms with van der Waals surface area (Å²) in [7, 11) is 0. The molecule has 16 nitrogen and oxygen atoms in total. The van der Waals surface area contributed by atoms with Crippen LogP contribution in [0.1, 0.15) is 5.69 Å². The lowest BCUT2D eigenvalue weighted by Gasteiger charge is -2.11. The quantitative estimate of drug-likeness (QED) is 0.159. The Morgan fingerprint density at radius 2 is 0.580 bits per heavy atom. The SMILES string of the molecule is Cc1nc(-n2c3ccccc3c3c4c5ccc6ccccc6c5n5c6ccccc6c(cc32)c45)nc2ccccc12.[C-]#[N+]c1ccc(-c2nc(-n3c4ccccc4c4c5c6ccc7ccccc7c6n6c7ccccc7c(cc43)c56)nc3cccnc23)cc1.[C-]#[N+]c1nc(-n2c3ccccc3c3c4c5ccc6ccccc6c5n5c6ccccc6c(cc32)c45)nc2cccnc12. The van der Waals surface area contributed by atoms with E-state index >= 15 is 0 Å². The fraction of sp³-hybridized carbons (Fsp3) is 0.00870. The Hall–Kier alpha value is -18.4. The first-order valence-corrected chi connectivity index (χ1v) is 43.8. The van der Waals surface area contributed by atoms with Crippen LogP contribution >= 0.6 is 0 Å². The smallest absolute Gasteiger partial charge is 0.332 e. The Morgan fingerprint density at radius 1 is 0.237 bits per heavy atom. The van der Waals surface area contributed by atoms with Crippen molar-refractivity contribution < 1.29 is 0 Å². The fourth-order valence-electron chi connectivity index (χ4n) is 22.3. The van der Waals surface area contributed by atoms with Gasteiger partial charge >= 0.3 is 11.8 Å².